The van der Waals surface area contributed by atoms with E-state index in [1.807, 2.05) is 0 Å². The molecule has 1 rings (SSSR count). The van der Waals surface area contributed by atoms with Crippen LogP contribution in [0.5, 0.6) is 0 Å². The third kappa shape index (κ3) is 0.928. The number of hydrogen-bond donors (Lipinski definition) is 0. The van der Waals surface area contributed by atoms with Gasteiger partial charge in [-0.1, -0.05) is 11.3 Å². The van der Waals surface area contributed by atoms with E-state index >= 15 is 0 Å². The summed E-state index contributed by atoms with van der Waals surface area (Å²) in [7, 11) is 0. The van der Waals surface area contributed by atoms with E-state index in [9.17, 15) is 8.78 Å². The predicted octanol–water partition coefficient (Wildman–Crippen LogP) is 1.22. The van der Waals surface area contributed by atoms with Crippen LogP contribution < -0.4 is 0 Å². The Balaban J connectivity index is 3.04. The summed E-state index contributed by atoms with van der Waals surface area (Å²) in [6.45, 7) is 0. The van der Waals surface area contributed by atoms with Gasteiger partial charge in [-0.2, -0.15) is 8.78 Å². The van der Waals surface area contributed by atoms with Crippen LogP contribution in [-0.2, 0) is 0 Å². The van der Waals surface area contributed by atoms with E-state index in [0.29, 0.717) is 11.3 Å². The molecule has 0 atom stereocenters. The van der Waals surface area contributed by atoms with Crippen molar-refractivity contribution >= 4 is 11.3 Å². The Morgan fingerprint density at radius 3 is 2.43 bits per heavy atom. The highest BCUT2D eigenvalue weighted by atomic mass is 32.1. The topological polar surface area (TPSA) is 12.9 Å². The molecule has 0 saturated heterocycles. The van der Waals surface area contributed by atoms with Crippen LogP contribution in [0.2, 0.25) is 0 Å². The van der Waals surface area contributed by atoms with Gasteiger partial charge in [0.15, 0.2) is 0 Å². The van der Waals surface area contributed by atoms with Gasteiger partial charge in [0, 0.05) is 0 Å². The van der Waals surface area contributed by atoms with Crippen LogP contribution in [0.3, 0.4) is 0 Å². The minimum atomic E-state index is -0.780. The largest absolute Gasteiger partial charge is 0.272 e. The van der Waals surface area contributed by atoms with Gasteiger partial charge in [-0.3, -0.25) is 0 Å². The van der Waals surface area contributed by atoms with Gasteiger partial charge in [0.05, 0.1) is 0 Å². The normalized spacial score (nSPS) is 9.43. The third-order valence-corrected chi connectivity index (χ3v) is 0.936. The van der Waals surface area contributed by atoms with Crippen molar-refractivity contribution in [3.05, 3.63) is 16.6 Å². The minimum absolute atomic E-state index is 0.343. The maximum absolute atomic E-state index is 11.6. The summed E-state index contributed by atoms with van der Waals surface area (Å²) in [5.74, 6) is 0. The summed E-state index contributed by atoms with van der Waals surface area (Å²) < 4.78 is 23.2. The maximum atomic E-state index is 11.6. The summed E-state index contributed by atoms with van der Waals surface area (Å²) in [4.78, 5) is 2.87. The van der Waals surface area contributed by atoms with Gasteiger partial charge in [-0.05, 0) is 0 Å². The Morgan fingerprint density at radius 2 is 2.29 bits per heavy atom. The van der Waals surface area contributed by atoms with E-state index < -0.39 is 10.4 Å². The molecule has 4 heteroatoms. The predicted molar refractivity (Wildman–Crippen MR) is 20.9 cm³/mol. The Kier molecular flexibility index (Phi) is 1.02. The molecule has 0 bridgehead atoms. The van der Waals surface area contributed by atoms with Crippen LogP contribution in [-0.4, -0.2) is 4.98 Å². The van der Waals surface area contributed by atoms with Crippen LogP contribution in [0, 0.1) is 16.6 Å². The van der Waals surface area contributed by atoms with Crippen molar-refractivity contribution in [2.75, 3.05) is 0 Å². The Morgan fingerprint density at radius 1 is 1.57 bits per heavy atom. The zero-order valence-corrected chi connectivity index (χ0v) is 3.93. The molecule has 7 heavy (non-hydrogen) atoms. The van der Waals surface area contributed by atoms with Gasteiger partial charge in [0.25, 0.3) is 5.26 Å². The lowest BCUT2D eigenvalue weighted by Crippen LogP contribution is -1.59. The summed E-state index contributed by atoms with van der Waals surface area (Å²) in [6.07, 6.45) is 1.80. The molecule has 0 aliphatic heterocycles. The van der Waals surface area contributed by atoms with Crippen molar-refractivity contribution in [3.8, 4) is 0 Å². The van der Waals surface area contributed by atoms with Gasteiger partial charge in [0.1, 0.15) is 6.20 Å². The molecule has 37 valence electrons. The lowest BCUT2D eigenvalue weighted by molar-refractivity contribution is 0.614. The van der Waals surface area contributed by atoms with Crippen LogP contribution in [0.25, 0.3) is 0 Å². The smallest absolute Gasteiger partial charge is 0.204 e. The first-order valence-electron chi connectivity index (χ1n) is 1.48. The second-order valence-corrected chi connectivity index (χ2v) is 1.75. The molecule has 0 aliphatic rings. The zero-order valence-electron chi connectivity index (χ0n) is 3.11. The molecule has 1 aromatic heterocycles. The molecule has 0 aromatic carbocycles. The number of aromatic nitrogens is 1. The van der Waals surface area contributed by atoms with Crippen molar-refractivity contribution in [2.45, 2.75) is 0 Å². The summed E-state index contributed by atoms with van der Waals surface area (Å²) in [6, 6.07) is 0. The van der Waals surface area contributed by atoms with Crippen molar-refractivity contribution in [1.82, 2.24) is 4.98 Å². The Labute approximate surface area is 42.6 Å². The van der Waals surface area contributed by atoms with Crippen molar-refractivity contribution < 1.29 is 8.78 Å². The summed E-state index contributed by atoms with van der Waals surface area (Å²) >= 11 is 0.343. The van der Waals surface area contributed by atoms with Crippen molar-refractivity contribution in [1.29, 1.82) is 0 Å². The Hall–Kier alpha value is -0.510. The van der Waals surface area contributed by atoms with Crippen LogP contribution in [0.4, 0.5) is 8.78 Å². The standard InChI is InChI=1S/C3F2NS/c4-2-1-6-3(5)7-2. The van der Waals surface area contributed by atoms with Gasteiger partial charge < -0.3 is 0 Å². The highest BCUT2D eigenvalue weighted by molar-refractivity contribution is 7.08. The average Bonchev–Trinajstić information content (AvgIpc) is 1.87. The zero-order chi connectivity index (χ0) is 5.28. The summed E-state index contributed by atoms with van der Waals surface area (Å²) in [5, 5.41) is -1.49. The molecule has 0 aliphatic carbocycles. The van der Waals surface area contributed by atoms with E-state index in [1.165, 1.54) is 0 Å². The second-order valence-electron chi connectivity index (χ2n) is 0.852. The van der Waals surface area contributed by atoms with Gasteiger partial charge in [-0.25, -0.2) is 4.98 Å². The Bertz CT molecular complexity index is 145. The van der Waals surface area contributed by atoms with E-state index in [1.54, 1.807) is 6.20 Å². The van der Waals surface area contributed by atoms with Gasteiger partial charge in [0.2, 0.25) is 5.13 Å². The van der Waals surface area contributed by atoms with Crippen molar-refractivity contribution in [3.63, 3.8) is 0 Å². The first-order valence-corrected chi connectivity index (χ1v) is 2.30. The lowest BCUT2D eigenvalue weighted by atomic mass is 11.0. The van der Waals surface area contributed by atoms with Gasteiger partial charge in [-0.15, -0.1) is 0 Å². The van der Waals surface area contributed by atoms with E-state index in [-0.39, 0.29) is 0 Å². The van der Waals surface area contributed by atoms with Crippen LogP contribution >= 0.6 is 11.3 Å². The average molecular weight is 120 g/mol. The number of hydrogen-bond acceptors (Lipinski definition) is 2. The van der Waals surface area contributed by atoms with Gasteiger partial charge >= 0.3 is 0 Å². The number of rotatable bonds is 0. The first-order chi connectivity index (χ1) is 3.29. The minimum Gasteiger partial charge on any atom is -0.204 e. The highest BCUT2D eigenvalue weighted by Gasteiger charge is 1.95. The fraction of sp³-hybridized carbons (Fsp3) is 0. The highest BCUT2D eigenvalue weighted by Crippen LogP contribution is 2.05. The molecule has 1 nitrogen and oxygen atoms in total. The number of nitrogens with zero attached hydrogens (tertiary/aromatic N) is 1. The monoisotopic (exact) mass is 120 g/mol. The fourth-order valence-electron chi connectivity index (χ4n) is 0.207. The molecular formula is C3F2NS. The van der Waals surface area contributed by atoms with Crippen LogP contribution in [0.1, 0.15) is 0 Å². The second kappa shape index (κ2) is 1.54. The maximum Gasteiger partial charge on any atom is 0.272 e. The molecule has 0 amide bonds. The summed E-state index contributed by atoms with van der Waals surface area (Å²) in [5.41, 5.74) is 0. The van der Waals surface area contributed by atoms with E-state index in [2.05, 4.69) is 4.98 Å². The van der Waals surface area contributed by atoms with E-state index in [4.69, 9.17) is 0 Å². The fourth-order valence-corrected chi connectivity index (χ4v) is 0.538. The lowest BCUT2D eigenvalue weighted by Gasteiger charge is -1.61. The molecule has 1 aromatic rings. The SMILES string of the molecule is Fc1[c]nc(F)s1. The molecule has 0 unspecified atom stereocenters. The van der Waals surface area contributed by atoms with Crippen LogP contribution in [0.15, 0.2) is 0 Å². The quantitative estimate of drug-likeness (QED) is 0.501. The molecule has 0 saturated carbocycles. The first kappa shape index (κ1) is 4.64. The number of halogens is 2. The molecule has 1 radical (unpaired) electrons. The number of thiazole rings is 1. The molecule has 0 fully saturated rings. The molecule has 1 heterocycles. The van der Waals surface area contributed by atoms with E-state index in [0.717, 1.165) is 0 Å². The third-order valence-electron chi connectivity index (χ3n) is 0.406. The molecule has 0 N–H and O–H groups in total. The molecule has 0 spiro atoms. The van der Waals surface area contributed by atoms with Crippen molar-refractivity contribution in [2.24, 2.45) is 0 Å². The molecular weight excluding hydrogens is 120 g/mol.